The first kappa shape index (κ1) is 13.9. The van der Waals surface area contributed by atoms with Gasteiger partial charge in [-0.05, 0) is 31.5 Å². The number of para-hydroxylation sites is 2. The molecule has 1 aromatic carbocycles. The second-order valence-corrected chi connectivity index (χ2v) is 5.13. The quantitative estimate of drug-likeness (QED) is 0.941. The van der Waals surface area contributed by atoms with Gasteiger partial charge in [-0.1, -0.05) is 12.1 Å². The van der Waals surface area contributed by atoms with Crippen molar-refractivity contribution in [2.45, 2.75) is 32.0 Å². The van der Waals surface area contributed by atoms with Crippen LogP contribution in [0.15, 0.2) is 24.3 Å². The molecule has 2 heterocycles. The summed E-state index contributed by atoms with van der Waals surface area (Å²) in [4.78, 5) is 17.1. The number of nitrogens with zero attached hydrogens (tertiary/aromatic N) is 3. The van der Waals surface area contributed by atoms with E-state index in [4.69, 9.17) is 5.11 Å². The lowest BCUT2D eigenvalue weighted by atomic mass is 10.2. The molecular weight excluding hydrogens is 280 g/mol. The number of halogens is 2. The fraction of sp³-hybridized carbons (Fsp3) is 0.429. The van der Waals surface area contributed by atoms with Crippen LogP contribution in [-0.2, 0) is 11.3 Å². The van der Waals surface area contributed by atoms with Gasteiger partial charge in [0.05, 0.1) is 17.6 Å². The van der Waals surface area contributed by atoms with Crippen LogP contribution in [0.4, 0.5) is 8.78 Å². The lowest BCUT2D eigenvalue weighted by Crippen LogP contribution is -2.36. The molecule has 3 rings (SSSR count). The molecule has 2 aromatic rings. The van der Waals surface area contributed by atoms with Gasteiger partial charge in [0, 0.05) is 0 Å². The number of aromatic nitrogens is 2. The molecule has 1 aliphatic rings. The van der Waals surface area contributed by atoms with Crippen LogP contribution in [0.1, 0.15) is 25.2 Å². The van der Waals surface area contributed by atoms with Crippen molar-refractivity contribution in [2.24, 2.45) is 0 Å². The lowest BCUT2D eigenvalue weighted by Gasteiger charge is -2.21. The topological polar surface area (TPSA) is 58.4 Å². The highest BCUT2D eigenvalue weighted by atomic mass is 19.3. The van der Waals surface area contributed by atoms with Crippen molar-refractivity contribution in [3.8, 4) is 0 Å². The molecule has 112 valence electrons. The molecule has 1 aromatic heterocycles. The molecule has 0 radical (unpaired) electrons. The van der Waals surface area contributed by atoms with Crippen molar-refractivity contribution in [3.05, 3.63) is 30.1 Å². The summed E-state index contributed by atoms with van der Waals surface area (Å²) in [5.74, 6) is -0.702. The van der Waals surface area contributed by atoms with E-state index < -0.39 is 18.6 Å². The van der Waals surface area contributed by atoms with E-state index in [0.29, 0.717) is 24.0 Å². The first-order chi connectivity index (χ1) is 10.1. The van der Waals surface area contributed by atoms with Crippen LogP contribution in [-0.4, -0.2) is 38.1 Å². The number of likely N-dealkylation sites (tertiary alicyclic amines) is 1. The third-order valence-corrected chi connectivity index (χ3v) is 3.86. The highest BCUT2D eigenvalue weighted by Crippen LogP contribution is 2.26. The first-order valence-corrected chi connectivity index (χ1v) is 6.79. The number of carboxylic acid groups (broad SMARTS) is 1. The summed E-state index contributed by atoms with van der Waals surface area (Å²) in [6, 6.07) is 6.08. The van der Waals surface area contributed by atoms with Crippen LogP contribution in [0, 0.1) is 0 Å². The highest BCUT2D eigenvalue weighted by molar-refractivity contribution is 5.76. The van der Waals surface area contributed by atoms with Crippen molar-refractivity contribution in [1.29, 1.82) is 0 Å². The summed E-state index contributed by atoms with van der Waals surface area (Å²) in [5, 5.41) is 9.16. The minimum atomic E-state index is -2.70. The molecule has 7 heteroatoms. The van der Waals surface area contributed by atoms with Gasteiger partial charge in [0.1, 0.15) is 11.9 Å². The molecule has 1 saturated heterocycles. The maximum atomic E-state index is 13.3. The second kappa shape index (κ2) is 5.40. The third kappa shape index (κ3) is 2.49. The summed E-state index contributed by atoms with van der Waals surface area (Å²) in [5.41, 5.74) is 0.868. The Bertz CT molecular complexity index is 671. The van der Waals surface area contributed by atoms with Crippen molar-refractivity contribution < 1.29 is 18.7 Å². The zero-order valence-electron chi connectivity index (χ0n) is 11.2. The molecule has 1 N–H and O–H groups in total. The molecule has 5 nitrogen and oxygen atoms in total. The number of carbonyl (C=O) groups is 1. The average molecular weight is 295 g/mol. The van der Waals surface area contributed by atoms with Gasteiger partial charge in [0.15, 0.2) is 0 Å². The van der Waals surface area contributed by atoms with E-state index in [9.17, 15) is 13.6 Å². The Balaban J connectivity index is 1.96. The minimum Gasteiger partial charge on any atom is -0.480 e. The average Bonchev–Trinajstić information content (AvgIpc) is 3.02. The Kier molecular flexibility index (Phi) is 3.59. The van der Waals surface area contributed by atoms with Gasteiger partial charge in [-0.25, -0.2) is 4.98 Å². The summed E-state index contributed by atoms with van der Waals surface area (Å²) >= 11 is 0. The van der Waals surface area contributed by atoms with Gasteiger partial charge >= 0.3 is 12.5 Å². The van der Waals surface area contributed by atoms with Crippen LogP contribution in [0.5, 0.6) is 0 Å². The van der Waals surface area contributed by atoms with Gasteiger partial charge in [-0.15, -0.1) is 0 Å². The van der Waals surface area contributed by atoms with Gasteiger partial charge in [-0.3, -0.25) is 14.3 Å². The summed E-state index contributed by atoms with van der Waals surface area (Å²) < 4.78 is 27.5. The molecule has 0 unspecified atom stereocenters. The van der Waals surface area contributed by atoms with Crippen molar-refractivity contribution in [2.75, 3.05) is 6.54 Å². The predicted octanol–water partition coefficient (Wildman–Crippen LogP) is 2.48. The number of benzene rings is 1. The molecule has 1 aliphatic heterocycles. The van der Waals surface area contributed by atoms with Gasteiger partial charge in [-0.2, -0.15) is 8.78 Å². The summed E-state index contributed by atoms with van der Waals surface area (Å²) in [7, 11) is 0. The van der Waals surface area contributed by atoms with Crippen LogP contribution >= 0.6 is 0 Å². The van der Waals surface area contributed by atoms with Gasteiger partial charge in [0.2, 0.25) is 0 Å². The maximum absolute atomic E-state index is 13.3. The number of fused-ring (bicyclic) bond motifs is 1. The Hall–Kier alpha value is -2.02. The first-order valence-electron chi connectivity index (χ1n) is 6.79. The smallest absolute Gasteiger partial charge is 0.320 e. The second-order valence-electron chi connectivity index (χ2n) is 5.13. The highest BCUT2D eigenvalue weighted by Gasteiger charge is 2.32. The molecule has 0 bridgehead atoms. The normalized spacial score (nSPS) is 19.7. The fourth-order valence-corrected chi connectivity index (χ4v) is 2.90. The number of hydrogen-bond acceptors (Lipinski definition) is 3. The molecule has 21 heavy (non-hydrogen) atoms. The number of rotatable bonds is 4. The number of carboxylic acids is 1. The monoisotopic (exact) mass is 295 g/mol. The van der Waals surface area contributed by atoms with Crippen LogP contribution in [0.25, 0.3) is 11.0 Å². The van der Waals surface area contributed by atoms with Crippen molar-refractivity contribution >= 4 is 17.0 Å². The largest absolute Gasteiger partial charge is 0.480 e. The SMILES string of the molecule is O=C(O)[C@@H]1CCCN1Cc1nc2ccccc2n1C(F)F. The molecule has 0 spiro atoms. The van der Waals surface area contributed by atoms with E-state index in [2.05, 4.69) is 4.98 Å². The fourth-order valence-electron chi connectivity index (χ4n) is 2.90. The zero-order valence-corrected chi connectivity index (χ0v) is 11.2. The Morgan fingerprint density at radius 3 is 2.90 bits per heavy atom. The van der Waals surface area contributed by atoms with E-state index in [-0.39, 0.29) is 12.4 Å². The Morgan fingerprint density at radius 1 is 1.43 bits per heavy atom. The van der Waals surface area contributed by atoms with Crippen LogP contribution in [0.3, 0.4) is 0 Å². The molecule has 0 saturated carbocycles. The maximum Gasteiger partial charge on any atom is 0.320 e. The standard InChI is InChI=1S/C14H15F2N3O2/c15-14(16)19-10-5-2-1-4-9(10)17-12(19)8-18-7-3-6-11(18)13(20)21/h1-2,4-5,11,14H,3,6-8H2,(H,20,21)/t11-/m0/s1. The molecule has 0 amide bonds. The molecule has 1 fully saturated rings. The number of aliphatic carboxylic acids is 1. The van der Waals surface area contributed by atoms with Crippen LogP contribution in [0.2, 0.25) is 0 Å². The number of imidazole rings is 1. The van der Waals surface area contributed by atoms with Crippen molar-refractivity contribution in [3.63, 3.8) is 0 Å². The van der Waals surface area contributed by atoms with E-state index in [1.54, 1.807) is 29.2 Å². The zero-order chi connectivity index (χ0) is 15.0. The van der Waals surface area contributed by atoms with E-state index in [0.717, 1.165) is 11.0 Å². The summed E-state index contributed by atoms with van der Waals surface area (Å²) in [6.45, 7) is -1.99. The van der Waals surface area contributed by atoms with Gasteiger partial charge in [0.25, 0.3) is 0 Å². The predicted molar refractivity (Wildman–Crippen MR) is 72.1 cm³/mol. The van der Waals surface area contributed by atoms with E-state index >= 15 is 0 Å². The Morgan fingerprint density at radius 2 is 2.19 bits per heavy atom. The number of hydrogen-bond donors (Lipinski definition) is 1. The van der Waals surface area contributed by atoms with Crippen LogP contribution < -0.4 is 0 Å². The van der Waals surface area contributed by atoms with E-state index in [1.807, 2.05) is 0 Å². The Labute approximate surface area is 119 Å². The minimum absolute atomic E-state index is 0.121. The molecular formula is C14H15F2N3O2. The molecule has 1 atom stereocenters. The third-order valence-electron chi connectivity index (χ3n) is 3.86. The molecule has 0 aliphatic carbocycles. The van der Waals surface area contributed by atoms with E-state index in [1.165, 1.54) is 0 Å². The lowest BCUT2D eigenvalue weighted by molar-refractivity contribution is -0.142. The van der Waals surface area contributed by atoms with Crippen molar-refractivity contribution in [1.82, 2.24) is 14.5 Å². The summed E-state index contributed by atoms with van der Waals surface area (Å²) in [6.07, 6.45) is 1.30. The van der Waals surface area contributed by atoms with Gasteiger partial charge < -0.3 is 5.11 Å². The number of alkyl halides is 2.